The summed E-state index contributed by atoms with van der Waals surface area (Å²) in [5.74, 6) is -0.107. The number of benzene rings is 1. The van der Waals surface area contributed by atoms with E-state index in [9.17, 15) is 9.59 Å². The van der Waals surface area contributed by atoms with E-state index in [-0.39, 0.29) is 11.3 Å². The lowest BCUT2D eigenvalue weighted by Gasteiger charge is -2.27. The smallest absolute Gasteiger partial charge is 0.270 e. The largest absolute Gasteiger partial charge is 0.350 e. The Kier molecular flexibility index (Phi) is 3.05. The van der Waals surface area contributed by atoms with Crippen molar-refractivity contribution in [1.82, 2.24) is 15.2 Å². The van der Waals surface area contributed by atoms with Crippen molar-refractivity contribution in [2.75, 3.05) is 26.2 Å². The molecule has 1 aromatic heterocycles. The predicted octanol–water partition coefficient (Wildman–Crippen LogP) is 0.573. The number of carbonyl (C=O) groups is 1. The second kappa shape index (κ2) is 4.85. The molecule has 0 bridgehead atoms. The molecule has 1 saturated heterocycles. The molecule has 1 amide bonds. The summed E-state index contributed by atoms with van der Waals surface area (Å²) in [6.45, 7) is 2.94. The van der Waals surface area contributed by atoms with Crippen LogP contribution in [0.3, 0.4) is 0 Å². The Labute approximate surface area is 110 Å². The van der Waals surface area contributed by atoms with E-state index in [1.165, 1.54) is 6.07 Å². The minimum atomic E-state index is -0.118. The van der Waals surface area contributed by atoms with Crippen LogP contribution in [0.25, 0.3) is 10.9 Å². The van der Waals surface area contributed by atoms with Gasteiger partial charge in [0.1, 0.15) is 5.69 Å². The van der Waals surface area contributed by atoms with E-state index in [2.05, 4.69) is 10.3 Å². The number of pyridine rings is 1. The summed E-state index contributed by atoms with van der Waals surface area (Å²) in [7, 11) is 0. The van der Waals surface area contributed by atoms with Gasteiger partial charge < -0.3 is 15.2 Å². The van der Waals surface area contributed by atoms with Crippen LogP contribution in [0, 0.1) is 0 Å². The van der Waals surface area contributed by atoms with Gasteiger partial charge in [0.2, 0.25) is 0 Å². The second-order valence-corrected chi connectivity index (χ2v) is 4.64. The highest BCUT2D eigenvalue weighted by molar-refractivity contribution is 5.94. The zero-order chi connectivity index (χ0) is 13.2. The number of piperazine rings is 1. The van der Waals surface area contributed by atoms with Crippen molar-refractivity contribution in [2.45, 2.75) is 0 Å². The first kappa shape index (κ1) is 11.9. The van der Waals surface area contributed by atoms with Crippen molar-refractivity contribution < 1.29 is 4.79 Å². The van der Waals surface area contributed by atoms with Gasteiger partial charge in [-0.2, -0.15) is 0 Å². The SMILES string of the molecule is O=C(c1cc(=O)c2ccccc2[nH]1)N1CCNCC1. The van der Waals surface area contributed by atoms with Crippen LogP contribution in [0.4, 0.5) is 0 Å². The van der Waals surface area contributed by atoms with Crippen LogP contribution in [-0.4, -0.2) is 42.0 Å². The van der Waals surface area contributed by atoms with Crippen LogP contribution in [-0.2, 0) is 0 Å². The lowest BCUT2D eigenvalue weighted by Crippen LogP contribution is -2.46. The molecule has 0 saturated carbocycles. The number of aromatic nitrogens is 1. The zero-order valence-electron chi connectivity index (χ0n) is 10.5. The third-order valence-corrected chi connectivity index (χ3v) is 3.37. The van der Waals surface area contributed by atoms with E-state index >= 15 is 0 Å². The van der Waals surface area contributed by atoms with Gasteiger partial charge in [-0.25, -0.2) is 0 Å². The molecule has 3 rings (SSSR count). The lowest BCUT2D eigenvalue weighted by atomic mass is 10.2. The molecule has 19 heavy (non-hydrogen) atoms. The first-order chi connectivity index (χ1) is 9.25. The Balaban J connectivity index is 2.00. The van der Waals surface area contributed by atoms with Gasteiger partial charge in [0.05, 0.1) is 0 Å². The summed E-state index contributed by atoms with van der Waals surface area (Å²) in [6.07, 6.45) is 0. The topological polar surface area (TPSA) is 65.2 Å². The van der Waals surface area contributed by atoms with Crippen molar-refractivity contribution in [3.05, 3.63) is 46.2 Å². The van der Waals surface area contributed by atoms with Gasteiger partial charge in [-0.15, -0.1) is 0 Å². The minimum absolute atomic E-state index is 0.107. The number of para-hydroxylation sites is 1. The standard InChI is InChI=1S/C14H15N3O2/c18-13-9-12(14(19)17-7-5-15-6-8-17)16-11-4-2-1-3-10(11)13/h1-4,9,15H,5-8H2,(H,16,18). The van der Waals surface area contributed by atoms with Crippen LogP contribution in [0.15, 0.2) is 35.1 Å². The van der Waals surface area contributed by atoms with Gasteiger partial charge in [0, 0.05) is 43.1 Å². The summed E-state index contributed by atoms with van der Waals surface area (Å²) in [5, 5.41) is 3.81. The molecular weight excluding hydrogens is 242 g/mol. The van der Waals surface area contributed by atoms with E-state index in [1.807, 2.05) is 18.2 Å². The Hall–Kier alpha value is -2.14. The minimum Gasteiger partial charge on any atom is -0.350 e. The van der Waals surface area contributed by atoms with Gasteiger partial charge in [-0.1, -0.05) is 12.1 Å². The van der Waals surface area contributed by atoms with Crippen LogP contribution in [0.1, 0.15) is 10.5 Å². The number of hydrogen-bond donors (Lipinski definition) is 2. The molecular formula is C14H15N3O2. The molecule has 5 heteroatoms. The molecule has 0 atom stereocenters. The number of carbonyl (C=O) groups excluding carboxylic acids is 1. The quantitative estimate of drug-likeness (QED) is 0.785. The maximum Gasteiger partial charge on any atom is 0.270 e. The van der Waals surface area contributed by atoms with Gasteiger partial charge in [-0.3, -0.25) is 9.59 Å². The molecule has 0 radical (unpaired) electrons. The average molecular weight is 257 g/mol. The highest BCUT2D eigenvalue weighted by Crippen LogP contribution is 2.09. The predicted molar refractivity (Wildman–Crippen MR) is 73.3 cm³/mol. The van der Waals surface area contributed by atoms with Crippen LogP contribution >= 0.6 is 0 Å². The number of amides is 1. The Morgan fingerprint density at radius 3 is 2.68 bits per heavy atom. The lowest BCUT2D eigenvalue weighted by molar-refractivity contribution is 0.0730. The highest BCUT2D eigenvalue weighted by Gasteiger charge is 2.19. The number of nitrogens with one attached hydrogen (secondary N) is 2. The van der Waals surface area contributed by atoms with Crippen molar-refractivity contribution in [2.24, 2.45) is 0 Å². The van der Waals surface area contributed by atoms with Crippen molar-refractivity contribution in [3.63, 3.8) is 0 Å². The molecule has 98 valence electrons. The normalized spacial score (nSPS) is 15.7. The fraction of sp³-hybridized carbons (Fsp3) is 0.286. The van der Waals surface area contributed by atoms with E-state index in [0.29, 0.717) is 29.7 Å². The van der Waals surface area contributed by atoms with Gasteiger partial charge in [-0.05, 0) is 12.1 Å². The molecule has 5 nitrogen and oxygen atoms in total. The van der Waals surface area contributed by atoms with Crippen LogP contribution in [0.2, 0.25) is 0 Å². The van der Waals surface area contributed by atoms with Gasteiger partial charge >= 0.3 is 0 Å². The van der Waals surface area contributed by atoms with Crippen LogP contribution in [0.5, 0.6) is 0 Å². The number of fused-ring (bicyclic) bond motifs is 1. The molecule has 0 aliphatic carbocycles. The molecule has 1 fully saturated rings. The summed E-state index contributed by atoms with van der Waals surface area (Å²) in [5.41, 5.74) is 0.951. The summed E-state index contributed by atoms with van der Waals surface area (Å²) in [4.78, 5) is 29.1. The third kappa shape index (κ3) is 2.24. The van der Waals surface area contributed by atoms with Crippen molar-refractivity contribution >= 4 is 16.8 Å². The van der Waals surface area contributed by atoms with E-state index < -0.39 is 0 Å². The van der Waals surface area contributed by atoms with E-state index in [0.717, 1.165) is 13.1 Å². The summed E-state index contributed by atoms with van der Waals surface area (Å²) in [6, 6.07) is 8.62. The molecule has 2 heterocycles. The molecule has 0 spiro atoms. The highest BCUT2D eigenvalue weighted by atomic mass is 16.2. The number of H-pyrrole nitrogens is 1. The molecule has 1 aliphatic heterocycles. The second-order valence-electron chi connectivity index (χ2n) is 4.64. The number of aromatic amines is 1. The number of hydrogen-bond acceptors (Lipinski definition) is 3. The molecule has 1 aliphatic rings. The van der Waals surface area contributed by atoms with Crippen LogP contribution < -0.4 is 10.7 Å². The van der Waals surface area contributed by atoms with Crippen molar-refractivity contribution in [3.8, 4) is 0 Å². The summed E-state index contributed by atoms with van der Waals surface area (Å²) >= 11 is 0. The maximum absolute atomic E-state index is 12.3. The fourth-order valence-electron chi connectivity index (χ4n) is 2.35. The monoisotopic (exact) mass is 257 g/mol. The third-order valence-electron chi connectivity index (χ3n) is 3.37. The van der Waals surface area contributed by atoms with Gasteiger partial charge in [0.25, 0.3) is 5.91 Å². The summed E-state index contributed by atoms with van der Waals surface area (Å²) < 4.78 is 0. The maximum atomic E-state index is 12.3. The molecule has 0 unspecified atom stereocenters. The fourth-order valence-corrected chi connectivity index (χ4v) is 2.35. The molecule has 2 aromatic rings. The average Bonchev–Trinajstić information content (AvgIpc) is 2.47. The Morgan fingerprint density at radius 1 is 1.16 bits per heavy atom. The first-order valence-corrected chi connectivity index (χ1v) is 6.38. The molecule has 2 N–H and O–H groups in total. The Bertz CT molecular complexity index is 672. The van der Waals surface area contributed by atoms with E-state index in [4.69, 9.17) is 0 Å². The van der Waals surface area contributed by atoms with E-state index in [1.54, 1.807) is 11.0 Å². The number of nitrogens with zero attached hydrogens (tertiary/aromatic N) is 1. The van der Waals surface area contributed by atoms with Crippen molar-refractivity contribution in [1.29, 1.82) is 0 Å². The zero-order valence-corrected chi connectivity index (χ0v) is 10.5. The number of rotatable bonds is 1. The van der Waals surface area contributed by atoms with Gasteiger partial charge in [0.15, 0.2) is 5.43 Å². The first-order valence-electron chi connectivity index (χ1n) is 6.38. The molecule has 1 aromatic carbocycles. The Morgan fingerprint density at radius 2 is 1.89 bits per heavy atom.